The Morgan fingerprint density at radius 2 is 1.72 bits per heavy atom. The number of para-hydroxylation sites is 1. The lowest BCUT2D eigenvalue weighted by atomic mass is 10.0. The predicted octanol–water partition coefficient (Wildman–Crippen LogP) is 6.81. The number of imidazole rings is 1. The third-order valence-corrected chi connectivity index (χ3v) is 7.86. The first-order valence-corrected chi connectivity index (χ1v) is 13.6. The molecule has 0 saturated heterocycles. The highest BCUT2D eigenvalue weighted by molar-refractivity contribution is 6.06. The normalized spacial score (nSPS) is 17.9. The fourth-order valence-electron chi connectivity index (χ4n) is 5.27. The zero-order valence-corrected chi connectivity index (χ0v) is 22.6. The molecule has 2 unspecified atom stereocenters. The van der Waals surface area contributed by atoms with Crippen LogP contribution in [0.3, 0.4) is 0 Å². The van der Waals surface area contributed by atoms with Gasteiger partial charge in [0, 0.05) is 37.0 Å². The van der Waals surface area contributed by atoms with Crippen LogP contribution in [0.25, 0.3) is 21.9 Å². The van der Waals surface area contributed by atoms with Crippen molar-refractivity contribution in [3.05, 3.63) is 65.5 Å². The van der Waals surface area contributed by atoms with Gasteiger partial charge in [0.15, 0.2) is 5.82 Å². The van der Waals surface area contributed by atoms with E-state index in [1.807, 2.05) is 12.1 Å². The topological polar surface area (TPSA) is 60.0 Å². The van der Waals surface area contributed by atoms with Crippen molar-refractivity contribution in [2.75, 3.05) is 12.3 Å². The summed E-state index contributed by atoms with van der Waals surface area (Å²) in [5, 5.41) is 1.11. The van der Waals surface area contributed by atoms with E-state index >= 15 is 0 Å². The fourth-order valence-corrected chi connectivity index (χ4v) is 5.27. The first-order valence-electron chi connectivity index (χ1n) is 13.6. The molecule has 0 bridgehead atoms. The molecule has 1 saturated carbocycles. The van der Waals surface area contributed by atoms with E-state index < -0.39 is 0 Å². The van der Waals surface area contributed by atoms with Gasteiger partial charge in [-0.2, -0.15) is 0 Å². The van der Waals surface area contributed by atoms with Gasteiger partial charge in [-0.15, -0.1) is 0 Å². The molecule has 5 nitrogen and oxygen atoms in total. The molecular weight excluding hydrogens is 442 g/mol. The second-order valence-electron chi connectivity index (χ2n) is 11.8. The summed E-state index contributed by atoms with van der Waals surface area (Å²) in [6.07, 6.45) is 4.56. The number of hydrogen-bond donors (Lipinski definition) is 1. The van der Waals surface area contributed by atoms with Crippen molar-refractivity contribution in [2.24, 2.45) is 11.8 Å². The van der Waals surface area contributed by atoms with Gasteiger partial charge in [0.05, 0.1) is 11.0 Å². The lowest BCUT2D eigenvalue weighted by molar-refractivity contribution is 0.119. The minimum absolute atomic E-state index is 0.167. The average molecular weight is 484 g/mol. The number of nitrogen functional groups attached to an aromatic ring is 1. The SMILES string of the molecule is CCCCc1nc2c(N)nc3ccccc3c2n1Cc1ccc(CN(CC2CC2C)C(C)(C)C)cc1. The molecule has 2 N–H and O–H groups in total. The fraction of sp³-hybridized carbons (Fsp3) is 0.484. The number of rotatable bonds is 9. The zero-order valence-electron chi connectivity index (χ0n) is 22.6. The second kappa shape index (κ2) is 9.85. The van der Waals surface area contributed by atoms with E-state index in [4.69, 9.17) is 10.7 Å². The number of aryl methyl sites for hydroxylation is 1. The maximum absolute atomic E-state index is 6.38. The van der Waals surface area contributed by atoms with Gasteiger partial charge in [-0.25, -0.2) is 9.97 Å². The van der Waals surface area contributed by atoms with Gasteiger partial charge in [-0.3, -0.25) is 4.90 Å². The van der Waals surface area contributed by atoms with Crippen LogP contribution in [0.1, 0.15) is 70.8 Å². The summed E-state index contributed by atoms with van der Waals surface area (Å²) in [5.74, 6) is 3.35. The standard InChI is InChI=1S/C31H41N5/c1-6-7-12-27-34-28-29(25-10-8-9-11-26(25)33-30(28)32)36(27)19-23-15-13-22(14-16-23)18-35(31(3,4)5)20-24-17-21(24)2/h8-11,13-16,21,24H,6-7,12,17-20H2,1-5H3,(H2,32,33). The smallest absolute Gasteiger partial charge is 0.152 e. The van der Waals surface area contributed by atoms with E-state index in [9.17, 15) is 0 Å². The van der Waals surface area contributed by atoms with Crippen LogP contribution in [-0.2, 0) is 19.5 Å². The largest absolute Gasteiger partial charge is 0.382 e. The Balaban J connectivity index is 1.45. The molecule has 0 radical (unpaired) electrons. The monoisotopic (exact) mass is 483 g/mol. The van der Waals surface area contributed by atoms with Crippen molar-refractivity contribution in [1.29, 1.82) is 0 Å². The highest BCUT2D eigenvalue weighted by Crippen LogP contribution is 2.39. The first kappa shape index (κ1) is 24.8. The number of nitrogens with two attached hydrogens (primary N) is 1. The van der Waals surface area contributed by atoms with E-state index in [1.54, 1.807) is 0 Å². The number of aromatic nitrogens is 3. The van der Waals surface area contributed by atoms with Crippen LogP contribution < -0.4 is 5.73 Å². The van der Waals surface area contributed by atoms with Crippen LogP contribution >= 0.6 is 0 Å². The van der Waals surface area contributed by atoms with Crippen LogP contribution in [0.5, 0.6) is 0 Å². The summed E-state index contributed by atoms with van der Waals surface area (Å²) in [4.78, 5) is 12.3. The molecule has 36 heavy (non-hydrogen) atoms. The number of benzene rings is 2. The van der Waals surface area contributed by atoms with E-state index in [2.05, 4.69) is 85.5 Å². The number of pyridine rings is 1. The Bertz CT molecular complexity index is 1350. The summed E-state index contributed by atoms with van der Waals surface area (Å²) in [5.41, 5.74) is 12.1. The van der Waals surface area contributed by atoms with Gasteiger partial charge in [-0.05, 0) is 62.6 Å². The Kier molecular flexibility index (Phi) is 6.78. The summed E-state index contributed by atoms with van der Waals surface area (Å²) in [7, 11) is 0. The van der Waals surface area contributed by atoms with Crippen molar-refractivity contribution < 1.29 is 0 Å². The van der Waals surface area contributed by atoms with Crippen molar-refractivity contribution in [2.45, 2.75) is 78.9 Å². The van der Waals surface area contributed by atoms with Crippen molar-refractivity contribution in [3.8, 4) is 0 Å². The van der Waals surface area contributed by atoms with Crippen molar-refractivity contribution in [3.63, 3.8) is 0 Å². The molecule has 4 aromatic rings. The molecule has 0 amide bonds. The third-order valence-electron chi connectivity index (χ3n) is 7.86. The van der Waals surface area contributed by atoms with Gasteiger partial charge in [0.25, 0.3) is 0 Å². The molecule has 5 heteroatoms. The first-order chi connectivity index (χ1) is 17.2. The Morgan fingerprint density at radius 3 is 2.39 bits per heavy atom. The molecule has 2 aromatic carbocycles. The van der Waals surface area contributed by atoms with Gasteiger partial charge < -0.3 is 10.3 Å². The molecule has 0 aliphatic heterocycles. The second-order valence-corrected chi connectivity index (χ2v) is 11.8. The molecular formula is C31H41N5. The number of nitrogens with zero attached hydrogens (tertiary/aromatic N) is 4. The van der Waals surface area contributed by atoms with Gasteiger partial charge >= 0.3 is 0 Å². The summed E-state index contributed by atoms with van der Waals surface area (Å²) >= 11 is 0. The Morgan fingerprint density at radius 1 is 1.03 bits per heavy atom. The average Bonchev–Trinajstić information content (AvgIpc) is 3.42. The molecule has 1 aliphatic carbocycles. The maximum atomic E-state index is 6.38. The summed E-state index contributed by atoms with van der Waals surface area (Å²) in [6, 6.07) is 17.5. The van der Waals surface area contributed by atoms with Crippen LogP contribution in [0.15, 0.2) is 48.5 Å². The number of fused-ring (bicyclic) bond motifs is 3. The minimum atomic E-state index is 0.167. The predicted molar refractivity (Wildman–Crippen MR) is 151 cm³/mol. The number of hydrogen-bond acceptors (Lipinski definition) is 4. The van der Waals surface area contributed by atoms with Crippen molar-refractivity contribution >= 4 is 27.8 Å². The molecule has 190 valence electrons. The molecule has 2 atom stereocenters. The highest BCUT2D eigenvalue weighted by Gasteiger charge is 2.36. The Hall–Kier alpha value is -2.92. The summed E-state index contributed by atoms with van der Waals surface area (Å²) in [6.45, 7) is 14.6. The number of unbranched alkanes of at least 4 members (excludes halogenated alkanes) is 1. The van der Waals surface area contributed by atoms with E-state index in [0.717, 1.165) is 71.9 Å². The van der Waals surface area contributed by atoms with Crippen LogP contribution in [0, 0.1) is 11.8 Å². The third kappa shape index (κ3) is 5.12. The molecule has 1 fully saturated rings. The molecule has 0 spiro atoms. The van der Waals surface area contributed by atoms with Crippen LogP contribution in [-0.4, -0.2) is 31.5 Å². The maximum Gasteiger partial charge on any atom is 0.152 e. The quantitative estimate of drug-likeness (QED) is 0.284. The van der Waals surface area contributed by atoms with E-state index in [0.29, 0.717) is 5.82 Å². The summed E-state index contributed by atoms with van der Waals surface area (Å²) < 4.78 is 2.37. The Labute approximate surface area is 215 Å². The van der Waals surface area contributed by atoms with Gasteiger partial charge in [-0.1, -0.05) is 62.7 Å². The lowest BCUT2D eigenvalue weighted by Crippen LogP contribution is -2.42. The molecule has 5 rings (SSSR count). The molecule has 2 heterocycles. The lowest BCUT2D eigenvalue weighted by Gasteiger charge is -2.36. The van der Waals surface area contributed by atoms with Gasteiger partial charge in [0.2, 0.25) is 0 Å². The highest BCUT2D eigenvalue weighted by atomic mass is 15.2. The van der Waals surface area contributed by atoms with E-state index in [1.165, 1.54) is 24.1 Å². The van der Waals surface area contributed by atoms with Crippen molar-refractivity contribution in [1.82, 2.24) is 19.4 Å². The van der Waals surface area contributed by atoms with Crippen LogP contribution in [0.2, 0.25) is 0 Å². The molecule has 2 aromatic heterocycles. The minimum Gasteiger partial charge on any atom is -0.382 e. The van der Waals surface area contributed by atoms with Gasteiger partial charge in [0.1, 0.15) is 11.3 Å². The zero-order chi connectivity index (χ0) is 25.4. The van der Waals surface area contributed by atoms with E-state index in [-0.39, 0.29) is 5.54 Å². The molecule has 1 aliphatic rings. The van der Waals surface area contributed by atoms with Crippen LogP contribution in [0.4, 0.5) is 5.82 Å². The number of anilines is 1.